The summed E-state index contributed by atoms with van der Waals surface area (Å²) in [5, 5.41) is 11.3. The number of hydroxylamine groups is 1. The Kier molecular flexibility index (Phi) is 6.13. The number of hydrogen-bond donors (Lipinski definition) is 2. The molecule has 5 heteroatoms. The molecule has 4 rings (SSSR count). The van der Waals surface area contributed by atoms with Crippen LogP contribution in [-0.4, -0.2) is 46.1 Å². The number of piperazine rings is 1. The van der Waals surface area contributed by atoms with Crippen molar-refractivity contribution in [3.8, 4) is 0 Å². The molecule has 1 amide bonds. The van der Waals surface area contributed by atoms with Crippen LogP contribution in [0.3, 0.4) is 0 Å². The fourth-order valence-electron chi connectivity index (χ4n) is 4.54. The molecule has 3 aromatic rings. The third-order valence-corrected chi connectivity index (χ3v) is 6.08. The van der Waals surface area contributed by atoms with Gasteiger partial charge in [0.25, 0.3) is 5.91 Å². The maximum Gasteiger partial charge on any atom is 0.274 e. The number of fused-ring (bicyclic) bond motifs is 1. The third kappa shape index (κ3) is 4.54. The Morgan fingerprint density at radius 2 is 1.53 bits per heavy atom. The van der Waals surface area contributed by atoms with E-state index in [0.717, 1.165) is 26.2 Å². The lowest BCUT2D eigenvalue weighted by Crippen LogP contribution is -2.55. The first kappa shape index (κ1) is 20.5. The van der Waals surface area contributed by atoms with E-state index in [1.807, 2.05) is 12.1 Å². The Hall–Kier alpha value is -2.73. The van der Waals surface area contributed by atoms with Crippen LogP contribution in [0.4, 0.5) is 0 Å². The zero-order chi connectivity index (χ0) is 21.1. The Bertz CT molecular complexity index is 1010. The molecule has 3 aromatic carbocycles. The van der Waals surface area contributed by atoms with Crippen LogP contribution in [0.2, 0.25) is 0 Å². The number of carbonyl (C=O) groups is 1. The van der Waals surface area contributed by atoms with Gasteiger partial charge in [-0.05, 0) is 53.9 Å². The molecule has 0 saturated carbocycles. The second-order valence-corrected chi connectivity index (χ2v) is 8.38. The molecule has 0 radical (unpaired) electrons. The molecule has 2 atom stereocenters. The Labute approximate surface area is 177 Å². The van der Waals surface area contributed by atoms with Crippen molar-refractivity contribution >= 4 is 16.7 Å². The Morgan fingerprint density at radius 3 is 2.20 bits per heavy atom. The van der Waals surface area contributed by atoms with Gasteiger partial charge in [-0.2, -0.15) is 0 Å². The highest BCUT2D eigenvalue weighted by Crippen LogP contribution is 2.22. The molecule has 1 aliphatic heterocycles. The molecule has 0 aromatic heterocycles. The first-order valence-corrected chi connectivity index (χ1v) is 10.5. The number of nitrogens with one attached hydrogen (secondary N) is 1. The van der Waals surface area contributed by atoms with Crippen LogP contribution in [0.1, 0.15) is 35.3 Å². The van der Waals surface area contributed by atoms with E-state index in [-0.39, 0.29) is 0 Å². The van der Waals surface area contributed by atoms with Crippen molar-refractivity contribution in [2.45, 2.75) is 39.0 Å². The van der Waals surface area contributed by atoms with Crippen LogP contribution in [0.15, 0.2) is 66.7 Å². The van der Waals surface area contributed by atoms with Crippen LogP contribution < -0.4 is 5.48 Å². The molecule has 2 N–H and O–H groups in total. The predicted octanol–water partition coefficient (Wildman–Crippen LogP) is 4.05. The van der Waals surface area contributed by atoms with Gasteiger partial charge < -0.3 is 0 Å². The summed E-state index contributed by atoms with van der Waals surface area (Å²) in [6, 6.07) is 23.6. The van der Waals surface area contributed by atoms with Gasteiger partial charge in [0.2, 0.25) is 0 Å². The van der Waals surface area contributed by atoms with E-state index in [2.05, 4.69) is 66.1 Å². The number of rotatable bonds is 5. The van der Waals surface area contributed by atoms with Gasteiger partial charge in [0.05, 0.1) is 0 Å². The standard InChI is InChI=1S/C25H29N3O2/c1-18-14-27(16-21-9-10-22-5-3-4-6-24(22)13-21)15-19(2)28(18)17-20-7-11-23(12-8-20)25(29)26-30/h3-13,18-19,30H,14-17H2,1-2H3,(H,26,29). The van der Waals surface area contributed by atoms with Crippen LogP contribution in [0.5, 0.6) is 0 Å². The fraction of sp³-hybridized carbons (Fsp3) is 0.320. The molecule has 2 unspecified atom stereocenters. The van der Waals surface area contributed by atoms with E-state index in [9.17, 15) is 4.79 Å². The van der Waals surface area contributed by atoms with Crippen molar-refractivity contribution in [3.63, 3.8) is 0 Å². The SMILES string of the molecule is CC1CN(Cc2ccc3ccccc3c2)CC(C)N1Cc1ccc(C(=O)NO)cc1. The Morgan fingerprint density at radius 1 is 0.900 bits per heavy atom. The number of hydrogen-bond acceptors (Lipinski definition) is 4. The van der Waals surface area contributed by atoms with E-state index in [0.29, 0.717) is 17.6 Å². The van der Waals surface area contributed by atoms with E-state index in [1.54, 1.807) is 17.6 Å². The van der Waals surface area contributed by atoms with Crippen molar-refractivity contribution in [3.05, 3.63) is 83.4 Å². The van der Waals surface area contributed by atoms with Crippen molar-refractivity contribution in [2.75, 3.05) is 13.1 Å². The molecule has 5 nitrogen and oxygen atoms in total. The molecule has 1 fully saturated rings. The topological polar surface area (TPSA) is 55.8 Å². The lowest BCUT2D eigenvalue weighted by atomic mass is 10.0. The minimum absolute atomic E-state index is 0.439. The summed E-state index contributed by atoms with van der Waals surface area (Å²) in [5.41, 5.74) is 4.67. The average Bonchev–Trinajstić information content (AvgIpc) is 2.76. The van der Waals surface area contributed by atoms with Gasteiger partial charge in [0, 0.05) is 43.8 Å². The van der Waals surface area contributed by atoms with Crippen LogP contribution >= 0.6 is 0 Å². The lowest BCUT2D eigenvalue weighted by molar-refractivity contribution is 0.0290. The normalized spacial score (nSPS) is 20.4. The quantitative estimate of drug-likeness (QED) is 0.498. The van der Waals surface area contributed by atoms with E-state index in [1.165, 1.54) is 21.9 Å². The summed E-state index contributed by atoms with van der Waals surface area (Å²) >= 11 is 0. The first-order valence-electron chi connectivity index (χ1n) is 10.5. The summed E-state index contributed by atoms with van der Waals surface area (Å²) in [4.78, 5) is 16.6. The maximum atomic E-state index is 11.5. The smallest absolute Gasteiger partial charge is 0.274 e. The zero-order valence-electron chi connectivity index (χ0n) is 17.6. The number of amides is 1. The molecule has 0 spiro atoms. The average molecular weight is 404 g/mol. The molecular weight excluding hydrogens is 374 g/mol. The van der Waals surface area contributed by atoms with Crippen LogP contribution in [0, 0.1) is 0 Å². The minimum atomic E-state index is -0.481. The molecule has 1 heterocycles. The Balaban J connectivity index is 1.39. The molecule has 0 bridgehead atoms. The molecule has 30 heavy (non-hydrogen) atoms. The second-order valence-electron chi connectivity index (χ2n) is 8.38. The third-order valence-electron chi connectivity index (χ3n) is 6.08. The number of nitrogens with zero attached hydrogens (tertiary/aromatic N) is 2. The van der Waals surface area contributed by atoms with Gasteiger partial charge in [-0.3, -0.25) is 19.8 Å². The largest absolute Gasteiger partial charge is 0.296 e. The molecule has 0 aliphatic carbocycles. The van der Waals surface area contributed by atoms with Crippen LogP contribution in [-0.2, 0) is 13.1 Å². The maximum absolute atomic E-state index is 11.5. The molecule has 156 valence electrons. The summed E-state index contributed by atoms with van der Waals surface area (Å²) < 4.78 is 0. The minimum Gasteiger partial charge on any atom is -0.296 e. The highest BCUT2D eigenvalue weighted by atomic mass is 16.5. The summed E-state index contributed by atoms with van der Waals surface area (Å²) in [7, 11) is 0. The molecule has 1 aliphatic rings. The number of carbonyl (C=O) groups excluding carboxylic acids is 1. The molecule has 1 saturated heterocycles. The van der Waals surface area contributed by atoms with E-state index in [4.69, 9.17) is 5.21 Å². The van der Waals surface area contributed by atoms with Crippen LogP contribution in [0.25, 0.3) is 10.8 Å². The first-order chi connectivity index (χ1) is 14.5. The lowest BCUT2D eigenvalue weighted by Gasteiger charge is -2.44. The summed E-state index contributed by atoms with van der Waals surface area (Å²) in [6.07, 6.45) is 0. The zero-order valence-corrected chi connectivity index (χ0v) is 17.6. The van der Waals surface area contributed by atoms with Crippen molar-refractivity contribution < 1.29 is 10.0 Å². The van der Waals surface area contributed by atoms with Crippen molar-refractivity contribution in [1.82, 2.24) is 15.3 Å². The highest BCUT2D eigenvalue weighted by molar-refractivity contribution is 5.93. The van der Waals surface area contributed by atoms with Gasteiger partial charge in [0.1, 0.15) is 0 Å². The van der Waals surface area contributed by atoms with Gasteiger partial charge >= 0.3 is 0 Å². The summed E-state index contributed by atoms with van der Waals surface area (Å²) in [5.74, 6) is -0.481. The second kappa shape index (κ2) is 8.96. The highest BCUT2D eigenvalue weighted by Gasteiger charge is 2.29. The fourth-order valence-corrected chi connectivity index (χ4v) is 4.54. The van der Waals surface area contributed by atoms with Gasteiger partial charge in [-0.15, -0.1) is 0 Å². The van der Waals surface area contributed by atoms with Crippen molar-refractivity contribution in [1.29, 1.82) is 0 Å². The number of benzene rings is 3. The monoisotopic (exact) mass is 403 g/mol. The van der Waals surface area contributed by atoms with E-state index >= 15 is 0 Å². The summed E-state index contributed by atoms with van der Waals surface area (Å²) in [6.45, 7) is 8.46. The van der Waals surface area contributed by atoms with Crippen molar-refractivity contribution in [2.24, 2.45) is 0 Å². The molecular formula is C25H29N3O2. The van der Waals surface area contributed by atoms with Gasteiger partial charge in [-0.1, -0.05) is 48.5 Å². The van der Waals surface area contributed by atoms with E-state index < -0.39 is 5.91 Å². The van der Waals surface area contributed by atoms with Gasteiger partial charge in [0.15, 0.2) is 0 Å². The predicted molar refractivity (Wildman–Crippen MR) is 119 cm³/mol. The van der Waals surface area contributed by atoms with Gasteiger partial charge in [-0.25, -0.2) is 5.48 Å².